The average Bonchev–Trinajstić information content (AvgIpc) is 2.07. The lowest BCUT2D eigenvalue weighted by Gasteiger charge is -2.19. The van der Waals surface area contributed by atoms with E-state index in [2.05, 4.69) is 12.0 Å². The molecule has 0 amide bonds. The van der Waals surface area contributed by atoms with Gasteiger partial charge in [-0.25, -0.2) is 0 Å². The van der Waals surface area contributed by atoms with Gasteiger partial charge in [0.25, 0.3) is 0 Å². The SMILES string of the molecule is CCC#COC1CCCOC1. The highest BCUT2D eigenvalue weighted by Gasteiger charge is 2.13. The number of ether oxygens (including phenoxy) is 2. The molecule has 1 atom stereocenters. The Morgan fingerprint density at radius 1 is 1.64 bits per heavy atom. The van der Waals surface area contributed by atoms with Crippen LogP contribution in [0.25, 0.3) is 0 Å². The van der Waals surface area contributed by atoms with Gasteiger partial charge in [-0.05, 0) is 12.8 Å². The second kappa shape index (κ2) is 5.03. The van der Waals surface area contributed by atoms with E-state index in [1.54, 1.807) is 0 Å². The Morgan fingerprint density at radius 3 is 3.18 bits per heavy atom. The monoisotopic (exact) mass is 154 g/mol. The van der Waals surface area contributed by atoms with Crippen molar-refractivity contribution in [2.45, 2.75) is 32.3 Å². The average molecular weight is 154 g/mol. The van der Waals surface area contributed by atoms with Crippen molar-refractivity contribution >= 4 is 0 Å². The van der Waals surface area contributed by atoms with Crippen LogP contribution in [0.3, 0.4) is 0 Å². The molecule has 2 heteroatoms. The van der Waals surface area contributed by atoms with Crippen molar-refractivity contribution in [3.05, 3.63) is 0 Å². The van der Waals surface area contributed by atoms with E-state index in [1.807, 2.05) is 6.92 Å². The highest BCUT2D eigenvalue weighted by molar-refractivity contribution is 4.90. The zero-order chi connectivity index (χ0) is 7.94. The molecule has 1 aliphatic rings. The molecule has 1 rings (SSSR count). The first-order valence-electron chi connectivity index (χ1n) is 4.14. The third-order valence-corrected chi connectivity index (χ3v) is 1.59. The van der Waals surface area contributed by atoms with Crippen molar-refractivity contribution < 1.29 is 9.47 Å². The standard InChI is InChI=1S/C9H14O2/c1-2-3-7-11-9-5-4-6-10-8-9/h9H,2,4-6,8H2,1H3. The zero-order valence-corrected chi connectivity index (χ0v) is 6.93. The Hall–Kier alpha value is -0.680. The van der Waals surface area contributed by atoms with Gasteiger partial charge in [-0.2, -0.15) is 0 Å². The fourth-order valence-corrected chi connectivity index (χ4v) is 1.00. The first kappa shape index (κ1) is 8.42. The molecule has 0 aromatic rings. The van der Waals surface area contributed by atoms with Gasteiger partial charge in [0.2, 0.25) is 0 Å². The van der Waals surface area contributed by atoms with Crippen LogP contribution in [-0.2, 0) is 9.47 Å². The van der Waals surface area contributed by atoms with Gasteiger partial charge in [0.05, 0.1) is 6.61 Å². The van der Waals surface area contributed by atoms with Gasteiger partial charge in [-0.15, -0.1) is 0 Å². The van der Waals surface area contributed by atoms with E-state index in [0.29, 0.717) is 6.61 Å². The van der Waals surface area contributed by atoms with E-state index in [9.17, 15) is 0 Å². The molecule has 62 valence electrons. The van der Waals surface area contributed by atoms with Crippen LogP contribution in [-0.4, -0.2) is 19.3 Å². The normalized spacial score (nSPS) is 23.5. The minimum Gasteiger partial charge on any atom is -0.441 e. The van der Waals surface area contributed by atoms with Crippen LogP contribution in [0.2, 0.25) is 0 Å². The van der Waals surface area contributed by atoms with E-state index in [-0.39, 0.29) is 6.10 Å². The first-order valence-corrected chi connectivity index (χ1v) is 4.14. The second-order valence-electron chi connectivity index (χ2n) is 2.59. The van der Waals surface area contributed by atoms with E-state index < -0.39 is 0 Å². The number of hydrogen-bond donors (Lipinski definition) is 0. The molecule has 1 saturated heterocycles. The van der Waals surface area contributed by atoms with Crippen molar-refractivity contribution in [3.8, 4) is 12.0 Å². The van der Waals surface area contributed by atoms with Gasteiger partial charge in [0, 0.05) is 13.0 Å². The van der Waals surface area contributed by atoms with Crippen LogP contribution in [0.15, 0.2) is 0 Å². The quantitative estimate of drug-likeness (QED) is 0.533. The summed E-state index contributed by atoms with van der Waals surface area (Å²) in [5.41, 5.74) is 0. The fraction of sp³-hybridized carbons (Fsp3) is 0.778. The molecule has 0 radical (unpaired) electrons. The van der Waals surface area contributed by atoms with Gasteiger partial charge in [-0.1, -0.05) is 12.8 Å². The predicted molar refractivity (Wildman–Crippen MR) is 43.0 cm³/mol. The molecule has 2 nitrogen and oxygen atoms in total. The van der Waals surface area contributed by atoms with E-state index >= 15 is 0 Å². The summed E-state index contributed by atoms with van der Waals surface area (Å²) in [6.07, 6.45) is 5.92. The van der Waals surface area contributed by atoms with Crippen LogP contribution in [0.1, 0.15) is 26.2 Å². The topological polar surface area (TPSA) is 18.5 Å². The summed E-state index contributed by atoms with van der Waals surface area (Å²) in [5, 5.41) is 0. The maximum absolute atomic E-state index is 5.24. The van der Waals surface area contributed by atoms with E-state index in [1.165, 1.54) is 0 Å². The van der Waals surface area contributed by atoms with E-state index in [4.69, 9.17) is 9.47 Å². The lowest BCUT2D eigenvalue weighted by atomic mass is 10.2. The molecule has 1 heterocycles. The second-order valence-corrected chi connectivity index (χ2v) is 2.59. The fourth-order valence-electron chi connectivity index (χ4n) is 1.00. The maximum Gasteiger partial charge on any atom is 0.134 e. The van der Waals surface area contributed by atoms with Gasteiger partial charge >= 0.3 is 0 Å². The summed E-state index contributed by atoms with van der Waals surface area (Å²) in [7, 11) is 0. The maximum atomic E-state index is 5.24. The molecule has 1 unspecified atom stereocenters. The Kier molecular flexibility index (Phi) is 3.85. The minimum atomic E-state index is 0.211. The summed E-state index contributed by atoms with van der Waals surface area (Å²) in [6.45, 7) is 3.59. The lowest BCUT2D eigenvalue weighted by Crippen LogP contribution is -2.23. The third kappa shape index (κ3) is 3.29. The summed E-state index contributed by atoms with van der Waals surface area (Å²) in [5.74, 6) is 2.87. The highest BCUT2D eigenvalue weighted by atomic mass is 16.5. The molecule has 0 spiro atoms. The van der Waals surface area contributed by atoms with E-state index in [0.717, 1.165) is 25.9 Å². The molecule has 11 heavy (non-hydrogen) atoms. The number of rotatable bonds is 1. The highest BCUT2D eigenvalue weighted by Crippen LogP contribution is 2.08. The third-order valence-electron chi connectivity index (χ3n) is 1.59. The summed E-state index contributed by atoms with van der Waals surface area (Å²) < 4.78 is 10.5. The van der Waals surface area contributed by atoms with Crippen molar-refractivity contribution in [1.82, 2.24) is 0 Å². The summed E-state index contributed by atoms with van der Waals surface area (Å²) in [4.78, 5) is 0. The molecule has 0 N–H and O–H groups in total. The molecule has 0 saturated carbocycles. The molecule has 0 aromatic carbocycles. The summed E-state index contributed by atoms with van der Waals surface area (Å²) >= 11 is 0. The van der Waals surface area contributed by atoms with Crippen LogP contribution in [0, 0.1) is 12.0 Å². The lowest BCUT2D eigenvalue weighted by molar-refractivity contribution is -0.00574. The first-order chi connectivity index (χ1) is 5.43. The van der Waals surface area contributed by atoms with Crippen LogP contribution in [0.4, 0.5) is 0 Å². The van der Waals surface area contributed by atoms with Crippen LogP contribution >= 0.6 is 0 Å². The number of hydrogen-bond acceptors (Lipinski definition) is 2. The van der Waals surface area contributed by atoms with Gasteiger partial charge in [0.15, 0.2) is 0 Å². The Labute approximate surface area is 67.9 Å². The van der Waals surface area contributed by atoms with Gasteiger partial charge in [0.1, 0.15) is 12.2 Å². The predicted octanol–water partition coefficient (Wildman–Crippen LogP) is 1.55. The molecule has 0 aromatic heterocycles. The van der Waals surface area contributed by atoms with Gasteiger partial charge < -0.3 is 9.47 Å². The van der Waals surface area contributed by atoms with Crippen molar-refractivity contribution in [2.75, 3.05) is 13.2 Å². The Balaban J connectivity index is 2.14. The van der Waals surface area contributed by atoms with Crippen molar-refractivity contribution in [2.24, 2.45) is 0 Å². The molecule has 0 aliphatic carbocycles. The summed E-state index contributed by atoms with van der Waals surface area (Å²) in [6, 6.07) is 0. The van der Waals surface area contributed by atoms with Crippen LogP contribution in [0.5, 0.6) is 0 Å². The Morgan fingerprint density at radius 2 is 2.55 bits per heavy atom. The molecular formula is C9H14O2. The van der Waals surface area contributed by atoms with Crippen molar-refractivity contribution in [1.29, 1.82) is 0 Å². The Bertz CT molecular complexity index is 149. The molecule has 1 aliphatic heterocycles. The minimum absolute atomic E-state index is 0.211. The smallest absolute Gasteiger partial charge is 0.134 e. The zero-order valence-electron chi connectivity index (χ0n) is 6.93. The molecule has 0 bridgehead atoms. The largest absolute Gasteiger partial charge is 0.441 e. The van der Waals surface area contributed by atoms with Crippen molar-refractivity contribution in [3.63, 3.8) is 0 Å². The van der Waals surface area contributed by atoms with Gasteiger partial charge in [-0.3, -0.25) is 0 Å². The molecule has 1 fully saturated rings. The molecular weight excluding hydrogens is 140 g/mol. The van der Waals surface area contributed by atoms with Crippen LogP contribution < -0.4 is 0 Å².